The van der Waals surface area contributed by atoms with Gasteiger partial charge in [0.1, 0.15) is 29.3 Å². The van der Waals surface area contributed by atoms with E-state index in [0.29, 0.717) is 21.9 Å². The van der Waals surface area contributed by atoms with Gasteiger partial charge in [0.25, 0.3) is 0 Å². The predicted octanol–water partition coefficient (Wildman–Crippen LogP) is 4.05. The normalized spacial score (nSPS) is 28.0. The fourth-order valence-electron chi connectivity index (χ4n) is 3.63. The predicted molar refractivity (Wildman–Crippen MR) is 90.0 cm³/mol. The molecule has 0 bridgehead atoms. The number of hydrogen-bond donors (Lipinski definition) is 0. The number of ether oxygens (including phenoxy) is 2. The minimum absolute atomic E-state index is 0.0684. The minimum atomic E-state index is -0.625. The molecule has 6 nitrogen and oxygen atoms in total. The van der Waals surface area contributed by atoms with Gasteiger partial charge in [-0.3, -0.25) is 0 Å². The lowest BCUT2D eigenvalue weighted by atomic mass is 10.1. The van der Waals surface area contributed by atoms with E-state index >= 15 is 0 Å². The van der Waals surface area contributed by atoms with Crippen LogP contribution in [0.3, 0.4) is 0 Å². The molecule has 0 aromatic carbocycles. The van der Waals surface area contributed by atoms with Gasteiger partial charge in [-0.2, -0.15) is 0 Å². The van der Waals surface area contributed by atoms with Crippen LogP contribution in [-0.4, -0.2) is 32.5 Å². The third kappa shape index (κ3) is 2.16. The number of aromatic nitrogens is 3. The molecule has 0 radical (unpaired) electrons. The molecule has 0 spiro atoms. The first-order valence-corrected chi connectivity index (χ1v) is 8.27. The molecule has 1 unspecified atom stereocenters. The first-order chi connectivity index (χ1) is 11.4. The highest BCUT2D eigenvalue weighted by molar-refractivity contribution is 6.35. The van der Waals surface area contributed by atoms with Crippen LogP contribution in [0.4, 0.5) is 5.69 Å². The molecule has 4 rings (SSSR count). The lowest BCUT2D eigenvalue weighted by molar-refractivity contribution is -0.147. The van der Waals surface area contributed by atoms with E-state index in [2.05, 4.69) is 27.8 Å². The van der Waals surface area contributed by atoms with E-state index in [1.165, 1.54) is 11.9 Å². The van der Waals surface area contributed by atoms with Gasteiger partial charge in [-0.15, -0.1) is 0 Å². The smallest absolute Gasteiger partial charge is 0.216 e. The summed E-state index contributed by atoms with van der Waals surface area (Å²) < 4.78 is 14.2. The Balaban J connectivity index is 1.88. The van der Waals surface area contributed by atoms with Gasteiger partial charge in [-0.25, -0.2) is 14.8 Å². The summed E-state index contributed by atoms with van der Waals surface area (Å²) >= 11 is 6.19. The molecule has 0 N–H and O–H groups in total. The minimum Gasteiger partial charge on any atom is -0.342 e. The van der Waals surface area contributed by atoms with Crippen LogP contribution < -0.4 is 0 Å². The molecule has 124 valence electrons. The van der Waals surface area contributed by atoms with Crippen molar-refractivity contribution in [3.05, 3.63) is 40.7 Å². The Morgan fingerprint density at radius 3 is 2.88 bits per heavy atom. The zero-order valence-corrected chi connectivity index (χ0v) is 14.4. The zero-order chi connectivity index (χ0) is 17.1. The SMILES string of the molecule is [C-]#[N+]c1cn([C@@H]2C=C(CC)[C@@H]3OC(C)(C)OC23)c2ncnc(Cl)c12. The Kier molecular flexibility index (Phi) is 3.43. The molecule has 2 aliphatic rings. The standard InChI is InChI=1S/C17H17ClN4O2/c1-5-9-6-11(14-13(9)23-17(2,3)24-14)22-7-10(19-4)12-15(18)20-8-21-16(12)22/h6-8,11,13-14H,5H2,1-3H3/t11-,13+,14?/m1/s1. The molecule has 1 aliphatic heterocycles. The summed E-state index contributed by atoms with van der Waals surface area (Å²) in [5.41, 5.74) is 2.30. The van der Waals surface area contributed by atoms with Gasteiger partial charge in [-0.1, -0.05) is 24.6 Å². The van der Waals surface area contributed by atoms with Crippen LogP contribution in [0.5, 0.6) is 0 Å². The van der Waals surface area contributed by atoms with Gasteiger partial charge in [0.15, 0.2) is 5.79 Å². The Labute approximate surface area is 144 Å². The zero-order valence-electron chi connectivity index (χ0n) is 13.7. The van der Waals surface area contributed by atoms with Crippen LogP contribution in [-0.2, 0) is 9.47 Å². The second-order valence-electron chi connectivity index (χ2n) is 6.50. The monoisotopic (exact) mass is 344 g/mol. The topological polar surface area (TPSA) is 53.5 Å². The quantitative estimate of drug-likeness (QED) is 0.468. The Hall–Kier alpha value is -1.94. The van der Waals surface area contributed by atoms with Crippen molar-refractivity contribution < 1.29 is 9.47 Å². The van der Waals surface area contributed by atoms with Gasteiger partial charge < -0.3 is 14.0 Å². The Morgan fingerprint density at radius 1 is 1.38 bits per heavy atom. The largest absolute Gasteiger partial charge is 0.342 e. The van der Waals surface area contributed by atoms with Crippen molar-refractivity contribution in [1.82, 2.24) is 14.5 Å². The Morgan fingerprint density at radius 2 is 2.17 bits per heavy atom. The van der Waals surface area contributed by atoms with Gasteiger partial charge in [-0.05, 0) is 25.8 Å². The molecule has 1 aliphatic carbocycles. The van der Waals surface area contributed by atoms with Crippen molar-refractivity contribution in [2.24, 2.45) is 0 Å². The van der Waals surface area contributed by atoms with Gasteiger partial charge in [0.05, 0.1) is 18.0 Å². The number of halogens is 1. The Bertz CT molecular complexity index is 896. The molecule has 0 amide bonds. The van der Waals surface area contributed by atoms with Crippen molar-refractivity contribution in [3.63, 3.8) is 0 Å². The molecular formula is C17H17ClN4O2. The van der Waals surface area contributed by atoms with Crippen LogP contribution >= 0.6 is 11.6 Å². The first-order valence-electron chi connectivity index (χ1n) is 7.90. The van der Waals surface area contributed by atoms with Crippen molar-refractivity contribution >= 4 is 28.3 Å². The van der Waals surface area contributed by atoms with E-state index in [4.69, 9.17) is 27.6 Å². The summed E-state index contributed by atoms with van der Waals surface area (Å²) in [6, 6.07) is -0.0873. The van der Waals surface area contributed by atoms with Crippen molar-refractivity contribution in [2.45, 2.75) is 51.2 Å². The third-order valence-corrected chi connectivity index (χ3v) is 4.90. The van der Waals surface area contributed by atoms with Crippen molar-refractivity contribution in [1.29, 1.82) is 0 Å². The van der Waals surface area contributed by atoms with Crippen LogP contribution in [0.25, 0.3) is 15.9 Å². The highest BCUT2D eigenvalue weighted by Gasteiger charge is 2.50. The van der Waals surface area contributed by atoms with Gasteiger partial charge in [0, 0.05) is 6.20 Å². The fourth-order valence-corrected chi connectivity index (χ4v) is 3.86. The molecule has 0 saturated carbocycles. The van der Waals surface area contributed by atoms with E-state index in [1.54, 1.807) is 6.20 Å². The highest BCUT2D eigenvalue weighted by Crippen LogP contribution is 2.46. The van der Waals surface area contributed by atoms with E-state index in [1.807, 2.05) is 18.4 Å². The van der Waals surface area contributed by atoms with Crippen LogP contribution in [0.2, 0.25) is 5.15 Å². The van der Waals surface area contributed by atoms with E-state index in [-0.39, 0.29) is 18.2 Å². The van der Waals surface area contributed by atoms with Crippen molar-refractivity contribution in [3.8, 4) is 0 Å². The maximum atomic E-state index is 7.42. The third-order valence-electron chi connectivity index (χ3n) is 4.61. The molecule has 1 fully saturated rings. The summed E-state index contributed by atoms with van der Waals surface area (Å²) in [6.45, 7) is 13.4. The lowest BCUT2D eigenvalue weighted by Crippen LogP contribution is -2.27. The molecule has 2 aromatic heterocycles. The fraction of sp³-hybridized carbons (Fsp3) is 0.471. The average molecular weight is 345 g/mol. The molecule has 7 heteroatoms. The molecule has 3 atom stereocenters. The van der Waals surface area contributed by atoms with Crippen molar-refractivity contribution in [2.75, 3.05) is 0 Å². The summed E-state index contributed by atoms with van der Waals surface area (Å²) in [5, 5.41) is 0.880. The van der Waals surface area contributed by atoms with Crippen LogP contribution in [0.1, 0.15) is 33.2 Å². The first kappa shape index (κ1) is 15.6. The van der Waals surface area contributed by atoms with E-state index in [9.17, 15) is 0 Å². The maximum absolute atomic E-state index is 7.42. The number of nitrogens with zero attached hydrogens (tertiary/aromatic N) is 4. The average Bonchev–Trinajstić information content (AvgIpc) is 3.16. The number of rotatable bonds is 2. The summed E-state index contributed by atoms with van der Waals surface area (Å²) in [5.74, 6) is -0.625. The molecule has 2 aromatic rings. The molecule has 1 saturated heterocycles. The van der Waals surface area contributed by atoms with Gasteiger partial charge in [0.2, 0.25) is 5.69 Å². The molecule has 3 heterocycles. The van der Waals surface area contributed by atoms with Crippen LogP contribution in [0.15, 0.2) is 24.2 Å². The summed E-state index contributed by atoms with van der Waals surface area (Å²) in [7, 11) is 0. The lowest BCUT2D eigenvalue weighted by Gasteiger charge is -2.22. The maximum Gasteiger partial charge on any atom is 0.216 e. The summed E-state index contributed by atoms with van der Waals surface area (Å²) in [4.78, 5) is 11.9. The number of fused-ring (bicyclic) bond motifs is 2. The molecule has 24 heavy (non-hydrogen) atoms. The molecular weight excluding hydrogens is 328 g/mol. The highest BCUT2D eigenvalue weighted by atomic mass is 35.5. The van der Waals surface area contributed by atoms with E-state index < -0.39 is 5.79 Å². The number of hydrogen-bond acceptors (Lipinski definition) is 4. The second kappa shape index (κ2) is 5.28. The summed E-state index contributed by atoms with van der Waals surface area (Å²) in [6.07, 6.45) is 6.04. The van der Waals surface area contributed by atoms with Crippen LogP contribution in [0, 0.1) is 6.57 Å². The van der Waals surface area contributed by atoms with Gasteiger partial charge >= 0.3 is 0 Å². The second-order valence-corrected chi connectivity index (χ2v) is 6.86. The van der Waals surface area contributed by atoms with E-state index in [0.717, 1.165) is 6.42 Å².